The molecular formula is C18H22FN3O. The standard InChI is InChI=1S/C18H22FN3O/c1-2-9-20-17(23)13-22-12-11-21-10-3-4-16(21)18(22)14-5-7-15(19)8-6-14/h3-8,10,18H,2,9,11-13H2,1H3,(H,20,23)/t18-/m0/s1. The average molecular weight is 315 g/mol. The second-order valence-electron chi connectivity index (χ2n) is 5.90. The van der Waals surface area contributed by atoms with E-state index in [-0.39, 0.29) is 17.8 Å². The molecule has 0 radical (unpaired) electrons. The first kappa shape index (κ1) is 15.7. The molecule has 5 heteroatoms. The lowest BCUT2D eigenvalue weighted by Crippen LogP contribution is -2.44. The number of nitrogens with zero attached hydrogens (tertiary/aromatic N) is 2. The van der Waals surface area contributed by atoms with Crippen LogP contribution in [0.5, 0.6) is 0 Å². The number of benzene rings is 1. The first-order valence-corrected chi connectivity index (χ1v) is 8.10. The van der Waals surface area contributed by atoms with Gasteiger partial charge >= 0.3 is 0 Å². The quantitative estimate of drug-likeness (QED) is 0.921. The van der Waals surface area contributed by atoms with Gasteiger partial charge in [0.1, 0.15) is 5.82 Å². The van der Waals surface area contributed by atoms with Gasteiger partial charge in [0.15, 0.2) is 0 Å². The van der Waals surface area contributed by atoms with Crippen molar-refractivity contribution in [2.75, 3.05) is 19.6 Å². The van der Waals surface area contributed by atoms with Crippen molar-refractivity contribution < 1.29 is 9.18 Å². The van der Waals surface area contributed by atoms with Crippen molar-refractivity contribution in [2.45, 2.75) is 25.9 Å². The van der Waals surface area contributed by atoms with Crippen LogP contribution in [0.15, 0.2) is 42.6 Å². The molecule has 0 unspecified atom stereocenters. The summed E-state index contributed by atoms with van der Waals surface area (Å²) >= 11 is 0. The van der Waals surface area contributed by atoms with E-state index in [1.807, 2.05) is 13.0 Å². The largest absolute Gasteiger partial charge is 0.355 e. The smallest absolute Gasteiger partial charge is 0.234 e. The van der Waals surface area contributed by atoms with E-state index >= 15 is 0 Å². The molecule has 23 heavy (non-hydrogen) atoms. The van der Waals surface area contributed by atoms with Crippen LogP contribution in [0.4, 0.5) is 4.39 Å². The number of halogens is 1. The van der Waals surface area contributed by atoms with Gasteiger partial charge < -0.3 is 9.88 Å². The van der Waals surface area contributed by atoms with Crippen molar-refractivity contribution in [1.29, 1.82) is 0 Å². The Morgan fingerprint density at radius 1 is 1.26 bits per heavy atom. The van der Waals surface area contributed by atoms with Crippen molar-refractivity contribution in [3.8, 4) is 0 Å². The summed E-state index contributed by atoms with van der Waals surface area (Å²) < 4.78 is 15.5. The first-order chi connectivity index (χ1) is 11.2. The Bertz CT molecular complexity index is 665. The fourth-order valence-electron chi connectivity index (χ4n) is 3.13. The van der Waals surface area contributed by atoms with Crippen LogP contribution >= 0.6 is 0 Å². The number of rotatable bonds is 5. The zero-order valence-electron chi connectivity index (χ0n) is 13.3. The molecule has 1 amide bonds. The van der Waals surface area contributed by atoms with Crippen molar-refractivity contribution in [1.82, 2.24) is 14.8 Å². The second-order valence-corrected chi connectivity index (χ2v) is 5.90. The fourth-order valence-corrected chi connectivity index (χ4v) is 3.13. The van der Waals surface area contributed by atoms with Gasteiger partial charge in [0.2, 0.25) is 5.91 Å². The summed E-state index contributed by atoms with van der Waals surface area (Å²) in [6.07, 6.45) is 2.98. The number of hydrogen-bond donors (Lipinski definition) is 1. The lowest BCUT2D eigenvalue weighted by Gasteiger charge is -2.36. The molecule has 1 N–H and O–H groups in total. The molecule has 0 saturated carbocycles. The van der Waals surface area contributed by atoms with Gasteiger partial charge in [-0.15, -0.1) is 0 Å². The number of carbonyl (C=O) groups excluding carboxylic acids is 1. The summed E-state index contributed by atoms with van der Waals surface area (Å²) in [6.45, 7) is 4.75. The third-order valence-corrected chi connectivity index (χ3v) is 4.24. The zero-order valence-corrected chi connectivity index (χ0v) is 13.3. The molecule has 2 heterocycles. The number of fused-ring (bicyclic) bond motifs is 1. The Hall–Kier alpha value is -2.14. The summed E-state index contributed by atoms with van der Waals surface area (Å²) in [7, 11) is 0. The lowest BCUT2D eigenvalue weighted by atomic mass is 10.00. The number of carbonyl (C=O) groups is 1. The van der Waals surface area contributed by atoms with E-state index in [1.165, 1.54) is 12.1 Å². The van der Waals surface area contributed by atoms with Gasteiger partial charge in [0.25, 0.3) is 0 Å². The fraction of sp³-hybridized carbons (Fsp3) is 0.389. The van der Waals surface area contributed by atoms with Crippen molar-refractivity contribution in [3.05, 3.63) is 59.7 Å². The molecule has 0 bridgehead atoms. The van der Waals surface area contributed by atoms with Gasteiger partial charge in [-0.3, -0.25) is 9.69 Å². The molecule has 0 fully saturated rings. The van der Waals surface area contributed by atoms with E-state index in [0.717, 1.165) is 30.8 Å². The minimum absolute atomic E-state index is 0.0215. The van der Waals surface area contributed by atoms with E-state index in [4.69, 9.17) is 0 Å². The Labute approximate surface area is 135 Å². The van der Waals surface area contributed by atoms with Gasteiger partial charge in [-0.05, 0) is 36.2 Å². The number of aromatic nitrogens is 1. The predicted molar refractivity (Wildman–Crippen MR) is 87.5 cm³/mol. The first-order valence-electron chi connectivity index (χ1n) is 8.10. The van der Waals surface area contributed by atoms with Crippen LogP contribution in [0, 0.1) is 5.82 Å². The molecule has 1 aromatic heterocycles. The number of hydrogen-bond acceptors (Lipinski definition) is 2. The molecule has 0 saturated heterocycles. The zero-order chi connectivity index (χ0) is 16.2. The highest BCUT2D eigenvalue weighted by atomic mass is 19.1. The maximum absolute atomic E-state index is 13.3. The van der Waals surface area contributed by atoms with Gasteiger partial charge in [0, 0.05) is 31.5 Å². The molecule has 1 atom stereocenters. The van der Waals surface area contributed by atoms with Crippen LogP contribution in [0.3, 0.4) is 0 Å². The second kappa shape index (κ2) is 6.96. The van der Waals surface area contributed by atoms with Crippen LogP contribution < -0.4 is 5.32 Å². The molecule has 122 valence electrons. The third-order valence-electron chi connectivity index (χ3n) is 4.24. The highest BCUT2D eigenvalue weighted by Gasteiger charge is 2.29. The van der Waals surface area contributed by atoms with Crippen LogP contribution in [0.25, 0.3) is 0 Å². The predicted octanol–water partition coefficient (Wildman–Crippen LogP) is 2.56. The van der Waals surface area contributed by atoms with Crippen molar-refractivity contribution in [2.24, 2.45) is 0 Å². The van der Waals surface area contributed by atoms with Gasteiger partial charge in [-0.1, -0.05) is 19.1 Å². The summed E-state index contributed by atoms with van der Waals surface area (Å²) in [5.74, 6) is -0.203. The van der Waals surface area contributed by atoms with Gasteiger partial charge in [-0.2, -0.15) is 0 Å². The lowest BCUT2D eigenvalue weighted by molar-refractivity contribution is -0.122. The number of amides is 1. The van der Waals surface area contributed by atoms with E-state index in [0.29, 0.717) is 13.1 Å². The maximum atomic E-state index is 13.3. The molecule has 0 spiro atoms. The summed E-state index contributed by atoms with van der Waals surface area (Å²) in [5.41, 5.74) is 2.15. The normalized spacial score (nSPS) is 17.7. The third kappa shape index (κ3) is 3.45. The summed E-state index contributed by atoms with van der Waals surface area (Å²) in [5, 5.41) is 2.93. The SMILES string of the molecule is CCCNC(=O)CN1CCn2cccc2[C@@H]1c1ccc(F)cc1. The van der Waals surface area contributed by atoms with E-state index in [2.05, 4.69) is 27.0 Å². The molecular weight excluding hydrogens is 293 g/mol. The summed E-state index contributed by atoms with van der Waals surface area (Å²) in [6, 6.07) is 10.6. The molecule has 1 aliphatic rings. The average Bonchev–Trinajstić information content (AvgIpc) is 3.02. The minimum Gasteiger partial charge on any atom is -0.355 e. The molecule has 2 aromatic rings. The Morgan fingerprint density at radius 2 is 2.04 bits per heavy atom. The Kier molecular flexibility index (Phi) is 4.76. The summed E-state index contributed by atoms with van der Waals surface area (Å²) in [4.78, 5) is 14.3. The van der Waals surface area contributed by atoms with E-state index in [1.54, 1.807) is 12.1 Å². The molecule has 1 aliphatic heterocycles. The van der Waals surface area contributed by atoms with E-state index < -0.39 is 0 Å². The van der Waals surface area contributed by atoms with Crippen LogP contribution in [0.2, 0.25) is 0 Å². The molecule has 3 rings (SSSR count). The van der Waals surface area contributed by atoms with Gasteiger partial charge in [-0.25, -0.2) is 4.39 Å². The van der Waals surface area contributed by atoms with Crippen LogP contribution in [-0.2, 0) is 11.3 Å². The topological polar surface area (TPSA) is 37.3 Å². The van der Waals surface area contributed by atoms with Crippen molar-refractivity contribution >= 4 is 5.91 Å². The Balaban J connectivity index is 1.86. The molecule has 1 aromatic carbocycles. The van der Waals surface area contributed by atoms with Gasteiger partial charge in [0.05, 0.1) is 12.6 Å². The van der Waals surface area contributed by atoms with Crippen LogP contribution in [-0.4, -0.2) is 35.0 Å². The molecule has 0 aliphatic carbocycles. The maximum Gasteiger partial charge on any atom is 0.234 e. The number of nitrogens with one attached hydrogen (secondary N) is 1. The van der Waals surface area contributed by atoms with E-state index in [9.17, 15) is 9.18 Å². The monoisotopic (exact) mass is 315 g/mol. The highest BCUT2D eigenvalue weighted by molar-refractivity contribution is 5.78. The minimum atomic E-state index is -0.243. The van der Waals surface area contributed by atoms with Crippen molar-refractivity contribution in [3.63, 3.8) is 0 Å². The highest BCUT2D eigenvalue weighted by Crippen LogP contribution is 2.32. The van der Waals surface area contributed by atoms with Crippen LogP contribution in [0.1, 0.15) is 30.6 Å². The molecule has 4 nitrogen and oxygen atoms in total. The Morgan fingerprint density at radius 3 is 2.78 bits per heavy atom.